The first-order valence-electron chi connectivity index (χ1n) is 10.4. The zero-order valence-electron chi connectivity index (χ0n) is 17.9. The Morgan fingerprint density at radius 1 is 1.00 bits per heavy atom. The van der Waals surface area contributed by atoms with Crippen LogP contribution in [0.15, 0.2) is 67.0 Å². The van der Waals surface area contributed by atoms with Crippen molar-refractivity contribution in [3.05, 3.63) is 78.1 Å². The molecule has 4 rings (SSSR count). The van der Waals surface area contributed by atoms with E-state index in [1.165, 1.54) is 5.56 Å². The SMILES string of the molecule is COc1cccc(-c2cc(N3CCN(C(=O)/C=C/c4ccc(C)cc4)CC3)ncn2)c1. The predicted molar refractivity (Wildman–Crippen MR) is 123 cm³/mol. The minimum Gasteiger partial charge on any atom is -0.497 e. The number of aromatic nitrogens is 2. The maximum Gasteiger partial charge on any atom is 0.246 e. The van der Waals surface area contributed by atoms with Crippen LogP contribution in [0.4, 0.5) is 5.82 Å². The van der Waals surface area contributed by atoms with Gasteiger partial charge in [-0.3, -0.25) is 4.79 Å². The highest BCUT2D eigenvalue weighted by atomic mass is 16.5. The smallest absolute Gasteiger partial charge is 0.246 e. The van der Waals surface area contributed by atoms with E-state index in [1.807, 2.05) is 65.6 Å². The summed E-state index contributed by atoms with van der Waals surface area (Å²) >= 11 is 0. The number of piperazine rings is 1. The number of anilines is 1. The van der Waals surface area contributed by atoms with Crippen molar-refractivity contribution < 1.29 is 9.53 Å². The number of nitrogens with zero attached hydrogens (tertiary/aromatic N) is 4. The summed E-state index contributed by atoms with van der Waals surface area (Å²) in [6.07, 6.45) is 5.12. The van der Waals surface area contributed by atoms with E-state index in [9.17, 15) is 4.79 Å². The van der Waals surface area contributed by atoms with Crippen LogP contribution in [0.5, 0.6) is 5.75 Å². The van der Waals surface area contributed by atoms with Gasteiger partial charge in [-0.15, -0.1) is 0 Å². The van der Waals surface area contributed by atoms with Crippen LogP contribution in [0.2, 0.25) is 0 Å². The second kappa shape index (κ2) is 9.43. The molecule has 1 aliphatic rings. The molecule has 2 aromatic carbocycles. The highest BCUT2D eigenvalue weighted by Gasteiger charge is 2.21. The van der Waals surface area contributed by atoms with Gasteiger partial charge in [0.15, 0.2) is 0 Å². The lowest BCUT2D eigenvalue weighted by atomic mass is 10.1. The van der Waals surface area contributed by atoms with Crippen LogP contribution in [-0.4, -0.2) is 54.1 Å². The largest absolute Gasteiger partial charge is 0.497 e. The molecule has 0 atom stereocenters. The summed E-state index contributed by atoms with van der Waals surface area (Å²) in [5.41, 5.74) is 4.07. The van der Waals surface area contributed by atoms with Crippen LogP contribution in [0.1, 0.15) is 11.1 Å². The molecule has 1 aromatic heterocycles. The third-order valence-corrected chi connectivity index (χ3v) is 5.43. The molecule has 0 unspecified atom stereocenters. The first-order chi connectivity index (χ1) is 15.1. The van der Waals surface area contributed by atoms with Crippen molar-refractivity contribution in [1.29, 1.82) is 0 Å². The van der Waals surface area contributed by atoms with Crippen molar-refractivity contribution >= 4 is 17.8 Å². The zero-order chi connectivity index (χ0) is 21.6. The lowest BCUT2D eigenvalue weighted by molar-refractivity contribution is -0.126. The normalized spacial score (nSPS) is 14.1. The maximum absolute atomic E-state index is 12.6. The van der Waals surface area contributed by atoms with Gasteiger partial charge in [0.05, 0.1) is 12.8 Å². The van der Waals surface area contributed by atoms with Gasteiger partial charge < -0.3 is 14.5 Å². The molecule has 3 aromatic rings. The van der Waals surface area contributed by atoms with Crippen molar-refractivity contribution in [2.24, 2.45) is 0 Å². The molecular weight excluding hydrogens is 388 g/mol. The summed E-state index contributed by atoms with van der Waals surface area (Å²) < 4.78 is 5.31. The number of methoxy groups -OCH3 is 1. The maximum atomic E-state index is 12.6. The fourth-order valence-corrected chi connectivity index (χ4v) is 3.57. The molecule has 0 N–H and O–H groups in total. The molecule has 2 heterocycles. The number of benzene rings is 2. The molecule has 1 fully saturated rings. The van der Waals surface area contributed by atoms with Gasteiger partial charge in [-0.1, -0.05) is 42.0 Å². The van der Waals surface area contributed by atoms with Crippen LogP contribution in [-0.2, 0) is 4.79 Å². The van der Waals surface area contributed by atoms with E-state index in [4.69, 9.17) is 4.74 Å². The lowest BCUT2D eigenvalue weighted by Gasteiger charge is -2.35. The van der Waals surface area contributed by atoms with Crippen LogP contribution in [0.25, 0.3) is 17.3 Å². The second-order valence-electron chi connectivity index (χ2n) is 7.55. The van der Waals surface area contributed by atoms with E-state index in [0.717, 1.165) is 41.5 Å². The molecule has 0 bridgehead atoms. The van der Waals surface area contributed by atoms with Gasteiger partial charge in [0.1, 0.15) is 17.9 Å². The van der Waals surface area contributed by atoms with Crippen molar-refractivity contribution in [2.75, 3.05) is 38.2 Å². The standard InChI is InChI=1S/C25H26N4O2/c1-19-6-8-20(9-7-19)10-11-25(30)29-14-12-28(13-15-29)24-17-23(26-18-27-24)21-4-3-5-22(16-21)31-2/h3-11,16-18H,12-15H2,1-2H3/b11-10+. The van der Waals surface area contributed by atoms with Crippen LogP contribution in [0, 0.1) is 6.92 Å². The van der Waals surface area contributed by atoms with Gasteiger partial charge in [0, 0.05) is 43.9 Å². The lowest BCUT2D eigenvalue weighted by Crippen LogP contribution is -2.48. The average molecular weight is 415 g/mol. The average Bonchev–Trinajstić information content (AvgIpc) is 2.84. The molecule has 0 aliphatic carbocycles. The molecule has 6 nitrogen and oxygen atoms in total. The number of aryl methyl sites for hydroxylation is 1. The van der Waals surface area contributed by atoms with Crippen molar-refractivity contribution in [3.8, 4) is 17.0 Å². The van der Waals surface area contributed by atoms with E-state index < -0.39 is 0 Å². The van der Waals surface area contributed by atoms with Crippen LogP contribution < -0.4 is 9.64 Å². The Labute approximate surface area is 182 Å². The Hall–Kier alpha value is -3.67. The summed E-state index contributed by atoms with van der Waals surface area (Å²) in [6.45, 7) is 4.85. The van der Waals surface area contributed by atoms with E-state index >= 15 is 0 Å². The van der Waals surface area contributed by atoms with Crippen LogP contribution >= 0.6 is 0 Å². The molecule has 0 spiro atoms. The molecule has 0 radical (unpaired) electrons. The minimum atomic E-state index is 0.0417. The van der Waals surface area contributed by atoms with Crippen molar-refractivity contribution in [1.82, 2.24) is 14.9 Å². The molecule has 1 saturated heterocycles. The van der Waals surface area contributed by atoms with Gasteiger partial charge in [0.25, 0.3) is 0 Å². The van der Waals surface area contributed by atoms with Gasteiger partial charge in [-0.25, -0.2) is 9.97 Å². The van der Waals surface area contributed by atoms with Gasteiger partial charge in [0.2, 0.25) is 5.91 Å². The van der Waals surface area contributed by atoms with Crippen molar-refractivity contribution in [2.45, 2.75) is 6.92 Å². The summed E-state index contributed by atoms with van der Waals surface area (Å²) in [4.78, 5) is 25.5. The van der Waals surface area contributed by atoms with Gasteiger partial charge in [-0.05, 0) is 30.7 Å². The van der Waals surface area contributed by atoms with E-state index in [1.54, 1.807) is 19.5 Å². The zero-order valence-corrected chi connectivity index (χ0v) is 17.9. The van der Waals surface area contributed by atoms with Crippen LogP contribution in [0.3, 0.4) is 0 Å². The Balaban J connectivity index is 1.38. The fourth-order valence-electron chi connectivity index (χ4n) is 3.57. The van der Waals surface area contributed by atoms with Crippen molar-refractivity contribution in [3.63, 3.8) is 0 Å². The number of ether oxygens (including phenoxy) is 1. The molecule has 158 valence electrons. The molecule has 0 saturated carbocycles. The second-order valence-corrected chi connectivity index (χ2v) is 7.55. The number of hydrogen-bond acceptors (Lipinski definition) is 5. The van der Waals surface area contributed by atoms with Gasteiger partial charge in [-0.2, -0.15) is 0 Å². The molecule has 6 heteroatoms. The number of carbonyl (C=O) groups is 1. The van der Waals surface area contributed by atoms with E-state index in [-0.39, 0.29) is 5.91 Å². The summed E-state index contributed by atoms with van der Waals surface area (Å²) in [5, 5.41) is 0. The summed E-state index contributed by atoms with van der Waals surface area (Å²) in [6, 6.07) is 17.9. The summed E-state index contributed by atoms with van der Waals surface area (Å²) in [5.74, 6) is 1.71. The Kier molecular flexibility index (Phi) is 6.26. The van der Waals surface area contributed by atoms with Gasteiger partial charge >= 0.3 is 0 Å². The Bertz CT molecular complexity index is 1070. The quantitative estimate of drug-likeness (QED) is 0.594. The number of hydrogen-bond donors (Lipinski definition) is 0. The minimum absolute atomic E-state index is 0.0417. The molecular formula is C25H26N4O2. The highest BCUT2D eigenvalue weighted by Crippen LogP contribution is 2.24. The number of rotatable bonds is 5. The highest BCUT2D eigenvalue weighted by molar-refractivity contribution is 5.92. The molecule has 1 aliphatic heterocycles. The first-order valence-corrected chi connectivity index (χ1v) is 10.4. The molecule has 31 heavy (non-hydrogen) atoms. The molecule has 1 amide bonds. The number of carbonyl (C=O) groups excluding carboxylic acids is 1. The first kappa shape index (κ1) is 20.6. The number of amides is 1. The third-order valence-electron chi connectivity index (χ3n) is 5.43. The Morgan fingerprint density at radius 2 is 1.77 bits per heavy atom. The third kappa shape index (κ3) is 5.09. The topological polar surface area (TPSA) is 58.6 Å². The van der Waals surface area contributed by atoms with E-state index in [0.29, 0.717) is 13.1 Å². The predicted octanol–water partition coefficient (Wildman–Crippen LogP) is 3.82. The summed E-state index contributed by atoms with van der Waals surface area (Å²) in [7, 11) is 1.65. The Morgan fingerprint density at radius 3 is 2.52 bits per heavy atom. The van der Waals surface area contributed by atoms with E-state index in [2.05, 4.69) is 21.8 Å². The fraction of sp³-hybridized carbons (Fsp3) is 0.240. The monoisotopic (exact) mass is 414 g/mol.